The number of nitrogen functional groups attached to an aromatic ring is 1. The topological polar surface area (TPSA) is 95.5 Å². The van der Waals surface area contributed by atoms with E-state index in [0.29, 0.717) is 0 Å². The molecule has 0 aliphatic heterocycles. The van der Waals surface area contributed by atoms with Gasteiger partial charge < -0.3 is 10.5 Å². The highest BCUT2D eigenvalue weighted by Crippen LogP contribution is 2.32. The van der Waals surface area contributed by atoms with E-state index < -0.39 is 29.2 Å². The fourth-order valence-corrected chi connectivity index (χ4v) is 1.98. The number of ether oxygens (including phenoxy) is 1. The molecule has 2 N–H and O–H groups in total. The van der Waals surface area contributed by atoms with Crippen molar-refractivity contribution in [3.05, 3.63) is 69.3 Å². The third-order valence-electron chi connectivity index (χ3n) is 3.15. The number of nitrogens with zero attached hydrogens (tertiary/aromatic N) is 1. The number of rotatable bonds is 4. The number of anilines is 1. The zero-order valence-corrected chi connectivity index (χ0v) is 12.0. The zero-order chi connectivity index (χ0) is 17.9. The molecule has 2 aromatic rings. The number of alkyl halides is 3. The first-order chi connectivity index (χ1) is 11.2. The van der Waals surface area contributed by atoms with Gasteiger partial charge in [-0.1, -0.05) is 18.2 Å². The second-order valence-electron chi connectivity index (χ2n) is 4.76. The Morgan fingerprint density at radius 3 is 2.50 bits per heavy atom. The van der Waals surface area contributed by atoms with Crippen LogP contribution in [-0.4, -0.2) is 10.9 Å². The predicted octanol–water partition coefficient (Wildman–Crippen LogP) is 3.55. The summed E-state index contributed by atoms with van der Waals surface area (Å²) >= 11 is 0. The number of benzene rings is 2. The van der Waals surface area contributed by atoms with Gasteiger partial charge in [0.1, 0.15) is 6.61 Å². The van der Waals surface area contributed by atoms with E-state index in [-0.39, 0.29) is 22.5 Å². The van der Waals surface area contributed by atoms with Crippen molar-refractivity contribution in [3.8, 4) is 0 Å². The van der Waals surface area contributed by atoms with Gasteiger partial charge in [0.05, 0.1) is 16.1 Å². The Bertz CT molecular complexity index is 791. The minimum absolute atomic E-state index is 0.0743. The van der Waals surface area contributed by atoms with Crippen molar-refractivity contribution in [3.63, 3.8) is 0 Å². The first kappa shape index (κ1) is 17.3. The standard InChI is InChI=1S/C15H11F3N2O4/c16-15(17,18)12-4-2-1-3-9(12)8-24-14(21)11-7-10(20(22)23)5-6-13(11)19/h1-7H,8,19H2. The molecule has 9 heteroatoms. The van der Waals surface area contributed by atoms with Crippen LogP contribution in [0.5, 0.6) is 0 Å². The van der Waals surface area contributed by atoms with Crippen molar-refractivity contribution in [2.75, 3.05) is 5.73 Å². The summed E-state index contributed by atoms with van der Waals surface area (Å²) in [5, 5.41) is 10.7. The summed E-state index contributed by atoms with van der Waals surface area (Å²) in [5.41, 5.74) is 3.65. The smallest absolute Gasteiger partial charge is 0.416 e. The van der Waals surface area contributed by atoms with Gasteiger partial charge in [0.25, 0.3) is 5.69 Å². The summed E-state index contributed by atoms with van der Waals surface area (Å²) in [7, 11) is 0. The van der Waals surface area contributed by atoms with Gasteiger partial charge in [0.2, 0.25) is 0 Å². The van der Waals surface area contributed by atoms with Crippen LogP contribution in [0.2, 0.25) is 0 Å². The van der Waals surface area contributed by atoms with Crippen LogP contribution < -0.4 is 5.73 Å². The van der Waals surface area contributed by atoms with Crippen molar-refractivity contribution >= 4 is 17.3 Å². The quantitative estimate of drug-likeness (QED) is 0.397. The monoisotopic (exact) mass is 340 g/mol. The van der Waals surface area contributed by atoms with Gasteiger partial charge >= 0.3 is 12.1 Å². The lowest BCUT2D eigenvalue weighted by Gasteiger charge is -2.13. The average Bonchev–Trinajstić information content (AvgIpc) is 2.52. The zero-order valence-electron chi connectivity index (χ0n) is 12.0. The molecule has 0 spiro atoms. The molecule has 0 aliphatic carbocycles. The number of hydrogen-bond donors (Lipinski definition) is 1. The first-order valence-corrected chi connectivity index (χ1v) is 6.56. The Balaban J connectivity index is 2.21. The Labute approximate surface area is 133 Å². The molecule has 0 saturated heterocycles. The molecule has 0 unspecified atom stereocenters. The minimum Gasteiger partial charge on any atom is -0.457 e. The van der Waals surface area contributed by atoms with Crippen LogP contribution in [0.15, 0.2) is 42.5 Å². The molecular weight excluding hydrogens is 329 g/mol. The van der Waals surface area contributed by atoms with E-state index in [1.165, 1.54) is 18.2 Å². The average molecular weight is 340 g/mol. The predicted molar refractivity (Wildman–Crippen MR) is 78.1 cm³/mol. The Hall–Kier alpha value is -3.10. The number of hydrogen-bond acceptors (Lipinski definition) is 5. The maximum Gasteiger partial charge on any atom is 0.416 e. The van der Waals surface area contributed by atoms with E-state index in [9.17, 15) is 28.1 Å². The van der Waals surface area contributed by atoms with Crippen LogP contribution in [0.25, 0.3) is 0 Å². The van der Waals surface area contributed by atoms with Crippen molar-refractivity contribution in [2.24, 2.45) is 0 Å². The largest absolute Gasteiger partial charge is 0.457 e. The van der Waals surface area contributed by atoms with Crippen LogP contribution in [-0.2, 0) is 17.5 Å². The van der Waals surface area contributed by atoms with Crippen LogP contribution in [0.3, 0.4) is 0 Å². The molecule has 126 valence electrons. The summed E-state index contributed by atoms with van der Waals surface area (Å²) in [4.78, 5) is 22.0. The minimum atomic E-state index is -4.59. The number of esters is 1. The Kier molecular flexibility index (Phi) is 4.72. The number of carbonyl (C=O) groups is 1. The maximum absolute atomic E-state index is 12.9. The van der Waals surface area contributed by atoms with E-state index in [1.807, 2.05) is 0 Å². The summed E-state index contributed by atoms with van der Waals surface area (Å²) in [6, 6.07) is 7.79. The lowest BCUT2D eigenvalue weighted by molar-refractivity contribution is -0.384. The van der Waals surface area contributed by atoms with Gasteiger partial charge in [0, 0.05) is 23.4 Å². The van der Waals surface area contributed by atoms with Crippen LogP contribution in [0, 0.1) is 10.1 Å². The van der Waals surface area contributed by atoms with E-state index >= 15 is 0 Å². The van der Waals surface area contributed by atoms with E-state index in [4.69, 9.17) is 10.5 Å². The summed E-state index contributed by atoms with van der Waals surface area (Å²) in [6.07, 6.45) is -4.59. The highest BCUT2D eigenvalue weighted by Gasteiger charge is 2.33. The van der Waals surface area contributed by atoms with Gasteiger partial charge in [-0.3, -0.25) is 10.1 Å². The molecule has 0 aliphatic rings. The molecule has 2 aromatic carbocycles. The van der Waals surface area contributed by atoms with Crippen LogP contribution in [0.1, 0.15) is 21.5 Å². The van der Waals surface area contributed by atoms with Crippen molar-refractivity contribution in [2.45, 2.75) is 12.8 Å². The summed E-state index contributed by atoms with van der Waals surface area (Å²) in [5.74, 6) is -1.05. The number of nitrogens with two attached hydrogens (primary N) is 1. The fraction of sp³-hybridized carbons (Fsp3) is 0.133. The SMILES string of the molecule is Nc1ccc([N+](=O)[O-])cc1C(=O)OCc1ccccc1C(F)(F)F. The summed E-state index contributed by atoms with van der Waals surface area (Å²) in [6.45, 7) is -0.642. The number of halogens is 3. The van der Waals surface area contributed by atoms with E-state index in [0.717, 1.165) is 24.3 Å². The molecule has 0 saturated carbocycles. The summed E-state index contributed by atoms with van der Waals surface area (Å²) < 4.78 is 43.4. The first-order valence-electron chi connectivity index (χ1n) is 6.56. The van der Waals surface area contributed by atoms with Crippen LogP contribution >= 0.6 is 0 Å². The molecule has 2 rings (SSSR count). The molecule has 0 atom stereocenters. The molecule has 0 amide bonds. The lowest BCUT2D eigenvalue weighted by Crippen LogP contribution is -2.13. The third-order valence-corrected chi connectivity index (χ3v) is 3.15. The van der Waals surface area contributed by atoms with Crippen LogP contribution in [0.4, 0.5) is 24.5 Å². The molecule has 24 heavy (non-hydrogen) atoms. The molecule has 0 bridgehead atoms. The van der Waals surface area contributed by atoms with E-state index in [1.54, 1.807) is 0 Å². The lowest BCUT2D eigenvalue weighted by atomic mass is 10.1. The Morgan fingerprint density at radius 2 is 1.88 bits per heavy atom. The van der Waals surface area contributed by atoms with Gasteiger partial charge in [-0.15, -0.1) is 0 Å². The molecular formula is C15H11F3N2O4. The van der Waals surface area contributed by atoms with Gasteiger partial charge in [-0.05, 0) is 12.1 Å². The highest BCUT2D eigenvalue weighted by atomic mass is 19.4. The number of carbonyl (C=O) groups excluding carboxylic acids is 1. The maximum atomic E-state index is 12.9. The second-order valence-corrected chi connectivity index (χ2v) is 4.76. The molecule has 0 aromatic heterocycles. The number of non-ortho nitro benzene ring substituents is 1. The van der Waals surface area contributed by atoms with Gasteiger partial charge in [-0.2, -0.15) is 13.2 Å². The van der Waals surface area contributed by atoms with Crippen molar-refractivity contribution < 1.29 is 27.6 Å². The number of nitro groups is 1. The van der Waals surface area contributed by atoms with E-state index in [2.05, 4.69) is 0 Å². The third kappa shape index (κ3) is 3.80. The Morgan fingerprint density at radius 1 is 1.21 bits per heavy atom. The molecule has 0 fully saturated rings. The number of nitro benzene ring substituents is 1. The van der Waals surface area contributed by atoms with Gasteiger partial charge in [-0.25, -0.2) is 4.79 Å². The highest BCUT2D eigenvalue weighted by molar-refractivity contribution is 5.95. The molecule has 0 radical (unpaired) electrons. The van der Waals surface area contributed by atoms with Crippen molar-refractivity contribution in [1.29, 1.82) is 0 Å². The normalized spacial score (nSPS) is 11.1. The second kappa shape index (κ2) is 6.57. The fourth-order valence-electron chi connectivity index (χ4n) is 1.98. The van der Waals surface area contributed by atoms with Crippen molar-refractivity contribution in [1.82, 2.24) is 0 Å². The van der Waals surface area contributed by atoms with Gasteiger partial charge in [0.15, 0.2) is 0 Å². The molecule has 0 heterocycles. The molecule has 6 nitrogen and oxygen atoms in total.